The minimum Gasteiger partial charge on any atom is -0.0915 e. The standard InChI is InChI=1S/C61H54/c1-6-7-23-54-42(3)35-47(28-27-41(2)56-24-12-9-13-25-57(56)44(54)5)49-30-33-59-53(38-49)39-52-22-16-17-26-58(52)61-40-50(31-34-60(59)61)48-29-32-55(43(4)36-48)51-21-15-14-20-46(37-51)45-18-10-8-11-19-45/h7-23,25-38,40,42,46H,2,6,24,39H2,1,3-5H3/b23-7-,28-27-,47-35+,54-44-. The Morgan fingerprint density at radius 2 is 1.36 bits per heavy atom. The van der Waals surface area contributed by atoms with Gasteiger partial charge in [0.25, 0.3) is 0 Å². The van der Waals surface area contributed by atoms with Gasteiger partial charge < -0.3 is 0 Å². The van der Waals surface area contributed by atoms with Crippen LogP contribution in [0.25, 0.3) is 44.5 Å². The summed E-state index contributed by atoms with van der Waals surface area (Å²) in [7, 11) is 0. The molecule has 4 aliphatic rings. The van der Waals surface area contributed by atoms with Gasteiger partial charge in [0, 0.05) is 11.8 Å². The Bertz CT molecular complexity index is 2860. The summed E-state index contributed by atoms with van der Waals surface area (Å²) in [5.74, 6) is 0.453. The molecule has 0 radical (unpaired) electrons. The van der Waals surface area contributed by atoms with Crippen LogP contribution in [0.15, 0.2) is 229 Å². The van der Waals surface area contributed by atoms with Gasteiger partial charge in [0.15, 0.2) is 0 Å². The molecule has 0 aromatic heterocycles. The predicted molar refractivity (Wildman–Crippen MR) is 263 cm³/mol. The molecular formula is C61H54. The van der Waals surface area contributed by atoms with Crippen LogP contribution < -0.4 is 0 Å². The topological polar surface area (TPSA) is 0 Å². The molecule has 0 heteroatoms. The summed E-state index contributed by atoms with van der Waals surface area (Å²) in [6.45, 7) is 13.7. The third-order valence-corrected chi connectivity index (χ3v) is 12.9. The van der Waals surface area contributed by atoms with Crippen molar-refractivity contribution in [2.75, 3.05) is 0 Å². The van der Waals surface area contributed by atoms with E-state index in [-0.39, 0.29) is 11.8 Å². The van der Waals surface area contributed by atoms with E-state index in [2.05, 4.69) is 229 Å². The van der Waals surface area contributed by atoms with Gasteiger partial charge in [-0.3, -0.25) is 0 Å². The van der Waals surface area contributed by atoms with Crippen LogP contribution in [-0.2, 0) is 6.42 Å². The quantitative estimate of drug-likeness (QED) is 0.158. The van der Waals surface area contributed by atoms with Crippen molar-refractivity contribution in [3.05, 3.63) is 262 Å². The average Bonchev–Trinajstić information content (AvgIpc) is 3.75. The van der Waals surface area contributed by atoms with Crippen LogP contribution in [0.3, 0.4) is 0 Å². The highest BCUT2D eigenvalue weighted by Gasteiger charge is 2.22. The number of benzene rings is 5. The van der Waals surface area contributed by atoms with Crippen LogP contribution in [0.5, 0.6) is 0 Å². The number of hydrogen-bond acceptors (Lipinski definition) is 0. The molecule has 5 aromatic rings. The van der Waals surface area contributed by atoms with Crippen molar-refractivity contribution in [2.24, 2.45) is 5.92 Å². The Hall–Kier alpha value is -6.76. The van der Waals surface area contributed by atoms with Crippen LogP contribution in [-0.4, -0.2) is 0 Å². The summed E-state index contributed by atoms with van der Waals surface area (Å²) in [6.07, 6.45) is 34.5. The first-order chi connectivity index (χ1) is 29.9. The average molecular weight is 787 g/mol. The van der Waals surface area contributed by atoms with Crippen molar-refractivity contribution in [3.63, 3.8) is 0 Å². The van der Waals surface area contributed by atoms with Crippen LogP contribution in [0.2, 0.25) is 0 Å². The van der Waals surface area contributed by atoms with Crippen molar-refractivity contribution in [2.45, 2.75) is 52.9 Å². The largest absolute Gasteiger partial charge is 0.0915 e. The third-order valence-electron chi connectivity index (χ3n) is 12.9. The molecule has 4 aliphatic carbocycles. The van der Waals surface area contributed by atoms with Crippen molar-refractivity contribution >= 4 is 11.1 Å². The molecular weight excluding hydrogens is 733 g/mol. The van der Waals surface area contributed by atoms with E-state index >= 15 is 0 Å². The van der Waals surface area contributed by atoms with Gasteiger partial charge in [-0.15, -0.1) is 0 Å². The lowest BCUT2D eigenvalue weighted by Crippen LogP contribution is -2.04. The zero-order valence-electron chi connectivity index (χ0n) is 36.0. The summed E-state index contributed by atoms with van der Waals surface area (Å²) in [5, 5.41) is 0. The maximum atomic E-state index is 4.60. The molecule has 0 heterocycles. The van der Waals surface area contributed by atoms with E-state index in [1.807, 2.05) is 0 Å². The summed E-state index contributed by atoms with van der Waals surface area (Å²) in [5.41, 5.74) is 24.3. The minimum atomic E-state index is 0.215. The van der Waals surface area contributed by atoms with Gasteiger partial charge in [0.1, 0.15) is 0 Å². The maximum Gasteiger partial charge on any atom is 0.0210 e. The highest BCUT2D eigenvalue weighted by Crippen LogP contribution is 2.44. The van der Waals surface area contributed by atoms with Gasteiger partial charge >= 0.3 is 0 Å². The highest BCUT2D eigenvalue weighted by molar-refractivity contribution is 5.92. The number of aryl methyl sites for hydroxylation is 1. The molecule has 0 saturated heterocycles. The molecule has 0 aliphatic heterocycles. The lowest BCUT2D eigenvalue weighted by molar-refractivity contribution is 0.876. The molecule has 5 aromatic carbocycles. The van der Waals surface area contributed by atoms with Gasteiger partial charge in [-0.1, -0.05) is 209 Å². The van der Waals surface area contributed by atoms with E-state index in [0.29, 0.717) is 0 Å². The molecule has 298 valence electrons. The third kappa shape index (κ3) is 8.12. The molecule has 2 unspecified atom stereocenters. The van der Waals surface area contributed by atoms with Crippen LogP contribution >= 0.6 is 0 Å². The normalized spacial score (nSPS) is 21.0. The van der Waals surface area contributed by atoms with E-state index in [9.17, 15) is 0 Å². The number of fused-ring (bicyclic) bond motifs is 5. The fraction of sp³-hybridized carbons (Fsp3) is 0.148. The fourth-order valence-electron chi connectivity index (χ4n) is 9.58. The fourth-order valence-corrected chi connectivity index (χ4v) is 9.58. The molecule has 0 spiro atoms. The number of hydrogen-bond donors (Lipinski definition) is 0. The second kappa shape index (κ2) is 17.5. The summed E-state index contributed by atoms with van der Waals surface area (Å²) in [6, 6.07) is 41.0. The first-order valence-electron chi connectivity index (χ1n) is 22.0. The smallest absolute Gasteiger partial charge is 0.0210 e. The zero-order chi connectivity index (χ0) is 41.9. The molecule has 0 bridgehead atoms. The van der Waals surface area contributed by atoms with Gasteiger partial charge in [-0.05, 0) is 145 Å². The van der Waals surface area contributed by atoms with Crippen molar-refractivity contribution in [1.29, 1.82) is 0 Å². The maximum absolute atomic E-state index is 4.60. The Labute approximate surface area is 363 Å². The first kappa shape index (κ1) is 39.7. The Morgan fingerprint density at radius 1 is 0.623 bits per heavy atom. The number of allylic oxidation sites excluding steroid dienone is 21. The minimum absolute atomic E-state index is 0.215. The zero-order valence-corrected chi connectivity index (χ0v) is 36.0. The predicted octanol–water partition coefficient (Wildman–Crippen LogP) is 16.4. The molecule has 0 N–H and O–H groups in total. The van der Waals surface area contributed by atoms with Crippen LogP contribution in [0.4, 0.5) is 0 Å². The number of rotatable bonds is 6. The van der Waals surface area contributed by atoms with Crippen molar-refractivity contribution in [3.8, 4) is 33.4 Å². The SMILES string of the molecule is C=C1/C=C\C(c2ccc3c(c2)Cc2ccccc2-c2cc(-c4ccc(C5=CC(c6ccccc6)C=CC=C5)c(C)c4)ccc2-3)=C/C(C)C(/C=C\CC)=C(/C)C2=C1CC=CC=C2. The van der Waals surface area contributed by atoms with E-state index < -0.39 is 0 Å². The second-order valence-corrected chi connectivity index (χ2v) is 16.8. The van der Waals surface area contributed by atoms with Gasteiger partial charge in [0.05, 0.1) is 0 Å². The van der Waals surface area contributed by atoms with E-state index in [1.165, 1.54) is 100 Å². The molecule has 0 saturated carbocycles. The lowest BCUT2D eigenvalue weighted by atomic mass is 9.84. The summed E-state index contributed by atoms with van der Waals surface area (Å²) in [4.78, 5) is 0. The summed E-state index contributed by atoms with van der Waals surface area (Å²) >= 11 is 0. The van der Waals surface area contributed by atoms with Gasteiger partial charge in [-0.25, -0.2) is 0 Å². The lowest BCUT2D eigenvalue weighted by Gasteiger charge is -2.21. The molecule has 2 atom stereocenters. The molecule has 9 rings (SSSR count). The second-order valence-electron chi connectivity index (χ2n) is 16.8. The molecule has 0 nitrogen and oxygen atoms in total. The molecule has 61 heavy (non-hydrogen) atoms. The van der Waals surface area contributed by atoms with Gasteiger partial charge in [0.2, 0.25) is 0 Å². The van der Waals surface area contributed by atoms with E-state index in [0.717, 1.165) is 24.8 Å². The molecule has 0 fully saturated rings. The Morgan fingerprint density at radius 3 is 2.20 bits per heavy atom. The summed E-state index contributed by atoms with van der Waals surface area (Å²) < 4.78 is 0. The van der Waals surface area contributed by atoms with Gasteiger partial charge in [-0.2, -0.15) is 0 Å². The monoisotopic (exact) mass is 786 g/mol. The Balaban J connectivity index is 1.09. The highest BCUT2D eigenvalue weighted by atomic mass is 14.3. The van der Waals surface area contributed by atoms with Crippen LogP contribution in [0.1, 0.15) is 72.9 Å². The first-order valence-corrected chi connectivity index (χ1v) is 22.0. The Kier molecular flexibility index (Phi) is 11.4. The van der Waals surface area contributed by atoms with Crippen molar-refractivity contribution in [1.82, 2.24) is 0 Å². The van der Waals surface area contributed by atoms with Crippen molar-refractivity contribution < 1.29 is 0 Å². The molecule has 0 amide bonds. The van der Waals surface area contributed by atoms with Crippen LogP contribution in [0, 0.1) is 12.8 Å². The van der Waals surface area contributed by atoms with E-state index in [1.54, 1.807) is 0 Å². The van der Waals surface area contributed by atoms with E-state index in [4.69, 9.17) is 0 Å².